The molecule has 0 aliphatic carbocycles. The molecule has 0 bridgehead atoms. The van der Waals surface area contributed by atoms with Crippen molar-refractivity contribution in [2.75, 3.05) is 7.11 Å². The van der Waals surface area contributed by atoms with Gasteiger partial charge in [0, 0.05) is 10.9 Å². The van der Waals surface area contributed by atoms with Crippen LogP contribution in [-0.2, 0) is 6.18 Å². The highest BCUT2D eigenvalue weighted by atomic mass is 19.4. The van der Waals surface area contributed by atoms with Crippen LogP contribution < -0.4 is 10.2 Å². The molecule has 21 heavy (non-hydrogen) atoms. The molecular formula is C15H10F3NO2. The lowest BCUT2D eigenvalue weighted by molar-refractivity contribution is -0.137. The Morgan fingerprint density at radius 1 is 1.10 bits per heavy atom. The van der Waals surface area contributed by atoms with Crippen LogP contribution in [0.3, 0.4) is 0 Å². The van der Waals surface area contributed by atoms with Crippen LogP contribution in [-0.4, -0.2) is 12.1 Å². The third kappa shape index (κ3) is 2.12. The molecule has 1 aromatic heterocycles. The molecule has 6 heteroatoms. The van der Waals surface area contributed by atoms with E-state index in [0.29, 0.717) is 10.9 Å². The van der Waals surface area contributed by atoms with Gasteiger partial charge in [-0.05, 0) is 24.3 Å². The fourth-order valence-electron chi connectivity index (χ4n) is 2.34. The number of methoxy groups -OCH3 is 1. The van der Waals surface area contributed by atoms with Crippen molar-refractivity contribution in [3.63, 3.8) is 0 Å². The zero-order chi connectivity index (χ0) is 15.2. The minimum Gasteiger partial charge on any atom is -0.496 e. The van der Waals surface area contributed by atoms with Crippen molar-refractivity contribution in [3.8, 4) is 5.75 Å². The van der Waals surface area contributed by atoms with Crippen molar-refractivity contribution in [3.05, 3.63) is 52.2 Å². The van der Waals surface area contributed by atoms with Crippen LogP contribution >= 0.6 is 0 Å². The van der Waals surface area contributed by atoms with Gasteiger partial charge in [0.25, 0.3) is 0 Å². The highest BCUT2D eigenvalue weighted by Crippen LogP contribution is 2.35. The van der Waals surface area contributed by atoms with Crippen LogP contribution in [0.1, 0.15) is 5.56 Å². The Bertz CT molecular complexity index is 897. The maximum absolute atomic E-state index is 12.9. The van der Waals surface area contributed by atoms with E-state index in [0.717, 1.165) is 12.1 Å². The molecule has 0 saturated heterocycles. The average Bonchev–Trinajstić information content (AvgIpc) is 2.45. The Labute approximate surface area is 117 Å². The van der Waals surface area contributed by atoms with Crippen molar-refractivity contribution in [2.24, 2.45) is 0 Å². The summed E-state index contributed by atoms with van der Waals surface area (Å²) in [7, 11) is 1.24. The molecule has 0 aliphatic rings. The van der Waals surface area contributed by atoms with Gasteiger partial charge in [-0.25, -0.2) is 0 Å². The van der Waals surface area contributed by atoms with Crippen molar-refractivity contribution in [1.82, 2.24) is 4.98 Å². The molecule has 3 nitrogen and oxygen atoms in total. The number of pyridine rings is 1. The second kappa shape index (κ2) is 4.51. The van der Waals surface area contributed by atoms with E-state index in [4.69, 9.17) is 4.74 Å². The molecule has 3 rings (SSSR count). The predicted octanol–water partition coefficient (Wildman–Crippen LogP) is 3.71. The molecule has 0 fully saturated rings. The van der Waals surface area contributed by atoms with Gasteiger partial charge in [0.1, 0.15) is 5.75 Å². The number of hydrogen-bond donors (Lipinski definition) is 1. The summed E-state index contributed by atoms with van der Waals surface area (Å²) < 4.78 is 43.7. The number of nitrogens with one attached hydrogen (secondary N) is 1. The van der Waals surface area contributed by atoms with Gasteiger partial charge in [-0.2, -0.15) is 13.2 Å². The number of hydrogen-bond acceptors (Lipinski definition) is 2. The maximum atomic E-state index is 12.9. The quantitative estimate of drug-likeness (QED) is 0.695. The Morgan fingerprint density at radius 2 is 1.81 bits per heavy atom. The number of para-hydroxylation sites is 1. The van der Waals surface area contributed by atoms with E-state index in [1.165, 1.54) is 7.11 Å². The Hall–Kier alpha value is -2.50. The van der Waals surface area contributed by atoms with Gasteiger partial charge in [0.2, 0.25) is 5.43 Å². The van der Waals surface area contributed by atoms with E-state index in [1.807, 2.05) is 0 Å². The van der Waals surface area contributed by atoms with Crippen LogP contribution in [0.5, 0.6) is 5.75 Å². The number of benzene rings is 2. The molecule has 0 unspecified atom stereocenters. The zero-order valence-corrected chi connectivity index (χ0v) is 10.9. The molecule has 0 saturated carbocycles. The molecule has 0 aliphatic heterocycles. The first kappa shape index (κ1) is 13.5. The van der Waals surface area contributed by atoms with Crippen molar-refractivity contribution in [1.29, 1.82) is 0 Å². The van der Waals surface area contributed by atoms with Crippen LogP contribution in [0.2, 0.25) is 0 Å². The summed E-state index contributed by atoms with van der Waals surface area (Å²) in [5, 5.41) is 0.521. The number of ether oxygens (including phenoxy) is 1. The number of H-pyrrole nitrogens is 1. The summed E-state index contributed by atoms with van der Waals surface area (Å²) in [6.45, 7) is 0. The fourth-order valence-corrected chi connectivity index (χ4v) is 2.34. The minimum absolute atomic E-state index is 0.0909. The van der Waals surface area contributed by atoms with E-state index in [1.54, 1.807) is 24.3 Å². The van der Waals surface area contributed by atoms with Crippen LogP contribution in [0, 0.1) is 0 Å². The van der Waals surface area contributed by atoms with Crippen LogP contribution in [0.25, 0.3) is 21.8 Å². The maximum Gasteiger partial charge on any atom is 0.416 e. The van der Waals surface area contributed by atoms with Gasteiger partial charge in [0.15, 0.2) is 0 Å². The summed E-state index contributed by atoms with van der Waals surface area (Å²) in [4.78, 5) is 15.3. The summed E-state index contributed by atoms with van der Waals surface area (Å²) >= 11 is 0. The average molecular weight is 293 g/mol. The number of fused-ring (bicyclic) bond motifs is 2. The predicted molar refractivity (Wildman–Crippen MR) is 73.6 cm³/mol. The molecule has 0 amide bonds. The highest BCUT2D eigenvalue weighted by Gasteiger charge is 2.32. The third-order valence-corrected chi connectivity index (χ3v) is 3.32. The Morgan fingerprint density at radius 3 is 2.48 bits per heavy atom. The molecule has 1 heterocycles. The van der Waals surface area contributed by atoms with E-state index in [9.17, 15) is 18.0 Å². The zero-order valence-electron chi connectivity index (χ0n) is 10.9. The highest BCUT2D eigenvalue weighted by molar-refractivity contribution is 5.96. The number of aromatic nitrogens is 1. The standard InChI is InChI=1S/C15H10F3NO2/c1-21-12-7-8(15(16,17)18)6-11-13(12)14(20)9-4-2-3-5-10(9)19-11/h2-7H,1H3,(H,19,20). The van der Waals surface area contributed by atoms with E-state index in [2.05, 4.69) is 4.98 Å². The van der Waals surface area contributed by atoms with Gasteiger partial charge in [-0.3, -0.25) is 4.79 Å². The summed E-state index contributed by atoms with van der Waals surface area (Å²) in [5.74, 6) is -0.0909. The monoisotopic (exact) mass is 293 g/mol. The van der Waals surface area contributed by atoms with Gasteiger partial charge in [-0.15, -0.1) is 0 Å². The van der Waals surface area contributed by atoms with Crippen molar-refractivity contribution >= 4 is 21.8 Å². The first-order chi connectivity index (χ1) is 9.91. The van der Waals surface area contributed by atoms with Crippen LogP contribution in [0.15, 0.2) is 41.2 Å². The van der Waals surface area contributed by atoms with E-state index in [-0.39, 0.29) is 22.1 Å². The molecule has 3 aromatic rings. The van der Waals surface area contributed by atoms with Crippen LogP contribution in [0.4, 0.5) is 13.2 Å². The summed E-state index contributed by atoms with van der Waals surface area (Å²) in [6.07, 6.45) is -4.51. The lowest BCUT2D eigenvalue weighted by atomic mass is 10.1. The molecule has 0 radical (unpaired) electrons. The van der Waals surface area contributed by atoms with Gasteiger partial charge in [0.05, 0.1) is 23.6 Å². The number of halogens is 3. The second-order valence-corrected chi connectivity index (χ2v) is 4.60. The van der Waals surface area contributed by atoms with Crippen molar-refractivity contribution in [2.45, 2.75) is 6.18 Å². The number of aromatic amines is 1. The van der Waals surface area contributed by atoms with Gasteiger partial charge < -0.3 is 9.72 Å². The largest absolute Gasteiger partial charge is 0.496 e. The van der Waals surface area contributed by atoms with Crippen molar-refractivity contribution < 1.29 is 17.9 Å². The minimum atomic E-state index is -4.51. The van der Waals surface area contributed by atoms with Gasteiger partial charge in [-0.1, -0.05) is 12.1 Å². The molecule has 1 N–H and O–H groups in total. The molecule has 108 valence electrons. The van der Waals surface area contributed by atoms with E-state index < -0.39 is 11.7 Å². The van der Waals surface area contributed by atoms with Gasteiger partial charge >= 0.3 is 6.18 Å². The lowest BCUT2D eigenvalue weighted by Crippen LogP contribution is -2.10. The second-order valence-electron chi connectivity index (χ2n) is 4.60. The Kier molecular flexibility index (Phi) is 2.90. The third-order valence-electron chi connectivity index (χ3n) is 3.32. The fraction of sp³-hybridized carbons (Fsp3) is 0.133. The van der Waals surface area contributed by atoms with E-state index >= 15 is 0 Å². The summed E-state index contributed by atoms with van der Waals surface area (Å²) in [5.41, 5.74) is -0.635. The topological polar surface area (TPSA) is 42.1 Å². The SMILES string of the molecule is COc1cc(C(F)(F)F)cc2[nH]c3ccccc3c(=O)c12. The number of alkyl halides is 3. The summed E-state index contributed by atoms with van der Waals surface area (Å²) in [6, 6.07) is 8.42. The lowest BCUT2D eigenvalue weighted by Gasteiger charge is -2.12. The molecular weight excluding hydrogens is 283 g/mol. The first-order valence-electron chi connectivity index (χ1n) is 6.12. The molecule has 0 spiro atoms. The number of rotatable bonds is 1. The molecule has 0 atom stereocenters. The smallest absolute Gasteiger partial charge is 0.416 e. The molecule has 2 aromatic carbocycles. The normalized spacial score (nSPS) is 12.0. The first-order valence-corrected chi connectivity index (χ1v) is 6.12. The Balaban J connectivity index is 2.50.